The molecular formula is C12H9ClFIN2O2. The third kappa shape index (κ3) is 2.89. The van der Waals surface area contributed by atoms with Crippen molar-refractivity contribution in [2.45, 2.75) is 6.54 Å². The fourth-order valence-electron chi connectivity index (χ4n) is 1.66. The second kappa shape index (κ2) is 5.46. The Morgan fingerprint density at radius 3 is 2.74 bits per heavy atom. The van der Waals surface area contributed by atoms with Crippen molar-refractivity contribution in [3.05, 3.63) is 65.2 Å². The molecule has 1 aromatic heterocycles. The molecule has 100 valence electrons. The molecule has 0 aliphatic heterocycles. The lowest BCUT2D eigenvalue weighted by Gasteiger charge is -2.09. The lowest BCUT2D eigenvalue weighted by Crippen LogP contribution is -2.40. The monoisotopic (exact) mass is 394 g/mol. The highest BCUT2D eigenvalue weighted by molar-refractivity contribution is 14.1. The maximum atomic E-state index is 13.6. The van der Waals surface area contributed by atoms with Crippen molar-refractivity contribution in [2.24, 2.45) is 7.05 Å². The van der Waals surface area contributed by atoms with Crippen LogP contribution in [0, 0.1) is 9.39 Å². The van der Waals surface area contributed by atoms with Crippen LogP contribution in [0.3, 0.4) is 0 Å². The molecule has 0 saturated carbocycles. The molecule has 19 heavy (non-hydrogen) atoms. The summed E-state index contributed by atoms with van der Waals surface area (Å²) in [4.78, 5) is 23.8. The summed E-state index contributed by atoms with van der Waals surface area (Å²) >= 11 is 7.62. The number of rotatable bonds is 2. The minimum absolute atomic E-state index is 0.144. The molecule has 0 bridgehead atoms. The van der Waals surface area contributed by atoms with Gasteiger partial charge in [-0.05, 0) is 40.8 Å². The molecule has 7 heteroatoms. The van der Waals surface area contributed by atoms with Crippen LogP contribution in [-0.2, 0) is 13.6 Å². The van der Waals surface area contributed by atoms with E-state index >= 15 is 0 Å². The zero-order valence-electron chi connectivity index (χ0n) is 9.86. The van der Waals surface area contributed by atoms with Gasteiger partial charge in [0.1, 0.15) is 5.82 Å². The van der Waals surface area contributed by atoms with E-state index in [1.807, 2.05) is 22.6 Å². The molecule has 0 atom stereocenters. The zero-order valence-corrected chi connectivity index (χ0v) is 12.8. The summed E-state index contributed by atoms with van der Waals surface area (Å²) in [6, 6.07) is 4.03. The number of hydrogen-bond donors (Lipinski definition) is 0. The first-order chi connectivity index (χ1) is 8.90. The molecule has 0 unspecified atom stereocenters. The van der Waals surface area contributed by atoms with Crippen molar-refractivity contribution in [1.82, 2.24) is 9.13 Å². The molecule has 1 aromatic carbocycles. The van der Waals surface area contributed by atoms with Gasteiger partial charge in [-0.1, -0.05) is 11.6 Å². The first kappa shape index (κ1) is 14.3. The zero-order chi connectivity index (χ0) is 14.2. The molecule has 0 aliphatic rings. The Balaban J connectivity index is 2.59. The van der Waals surface area contributed by atoms with Crippen molar-refractivity contribution in [3.8, 4) is 0 Å². The Labute approximate surface area is 126 Å². The van der Waals surface area contributed by atoms with Gasteiger partial charge in [-0.3, -0.25) is 9.36 Å². The lowest BCUT2D eigenvalue weighted by atomic mass is 10.2. The second-order valence-corrected chi connectivity index (χ2v) is 5.60. The number of aromatic nitrogens is 2. The van der Waals surface area contributed by atoms with Gasteiger partial charge >= 0.3 is 5.69 Å². The summed E-state index contributed by atoms with van der Waals surface area (Å²) in [5, 5.41) is 0.354. The molecule has 0 saturated heterocycles. The molecule has 0 fully saturated rings. The third-order valence-electron chi connectivity index (χ3n) is 2.63. The summed E-state index contributed by atoms with van der Waals surface area (Å²) in [6.45, 7) is -0.144. The standard InChI is InChI=1S/C12H9ClFIN2O2/c1-16-6-10(15)11(18)17(12(16)19)5-7-4-8(13)2-3-9(7)14/h2-4,6H,5H2,1H3. The second-order valence-electron chi connectivity index (χ2n) is 4.00. The van der Waals surface area contributed by atoms with Gasteiger partial charge in [-0.25, -0.2) is 9.18 Å². The molecule has 0 amide bonds. The highest BCUT2D eigenvalue weighted by Gasteiger charge is 2.11. The van der Waals surface area contributed by atoms with Gasteiger partial charge in [0.15, 0.2) is 0 Å². The van der Waals surface area contributed by atoms with E-state index in [4.69, 9.17) is 11.6 Å². The summed E-state index contributed by atoms with van der Waals surface area (Å²) < 4.78 is 16.3. The Kier molecular flexibility index (Phi) is 4.10. The van der Waals surface area contributed by atoms with Gasteiger partial charge in [-0.15, -0.1) is 0 Å². The average Bonchev–Trinajstić information content (AvgIpc) is 2.36. The number of hydrogen-bond acceptors (Lipinski definition) is 2. The van der Waals surface area contributed by atoms with E-state index < -0.39 is 17.1 Å². The molecule has 1 heterocycles. The van der Waals surface area contributed by atoms with Gasteiger partial charge in [0.25, 0.3) is 5.56 Å². The topological polar surface area (TPSA) is 44.0 Å². The normalized spacial score (nSPS) is 10.7. The molecule has 2 rings (SSSR count). The Morgan fingerprint density at radius 2 is 2.05 bits per heavy atom. The Hall–Kier alpha value is -1.15. The van der Waals surface area contributed by atoms with E-state index in [2.05, 4.69) is 0 Å². The van der Waals surface area contributed by atoms with Crippen molar-refractivity contribution in [1.29, 1.82) is 0 Å². The first-order valence-electron chi connectivity index (χ1n) is 5.30. The van der Waals surface area contributed by atoms with Crippen LogP contribution in [-0.4, -0.2) is 9.13 Å². The van der Waals surface area contributed by atoms with E-state index in [-0.39, 0.29) is 12.1 Å². The summed E-state index contributed by atoms with van der Waals surface area (Å²) in [5.41, 5.74) is -0.735. The molecule has 4 nitrogen and oxygen atoms in total. The van der Waals surface area contributed by atoms with Crippen molar-refractivity contribution in [2.75, 3.05) is 0 Å². The van der Waals surface area contributed by atoms with Crippen molar-refractivity contribution in [3.63, 3.8) is 0 Å². The maximum absolute atomic E-state index is 13.6. The maximum Gasteiger partial charge on any atom is 0.331 e. The van der Waals surface area contributed by atoms with Crippen LogP contribution in [0.5, 0.6) is 0 Å². The van der Waals surface area contributed by atoms with E-state index in [1.54, 1.807) is 0 Å². The Morgan fingerprint density at radius 1 is 1.37 bits per heavy atom. The fourth-order valence-corrected chi connectivity index (χ4v) is 2.56. The number of halogens is 3. The smallest absolute Gasteiger partial charge is 0.302 e. The van der Waals surface area contributed by atoms with Crippen molar-refractivity contribution >= 4 is 34.2 Å². The fraction of sp³-hybridized carbons (Fsp3) is 0.167. The van der Waals surface area contributed by atoms with Crippen LogP contribution < -0.4 is 11.2 Å². The molecule has 2 aromatic rings. The van der Waals surface area contributed by atoms with Crippen LogP contribution in [0.25, 0.3) is 0 Å². The first-order valence-corrected chi connectivity index (χ1v) is 6.75. The highest BCUT2D eigenvalue weighted by atomic mass is 127. The third-order valence-corrected chi connectivity index (χ3v) is 3.60. The van der Waals surface area contributed by atoms with E-state index in [1.165, 1.54) is 36.0 Å². The van der Waals surface area contributed by atoms with Crippen molar-refractivity contribution < 1.29 is 4.39 Å². The minimum atomic E-state index is -0.503. The minimum Gasteiger partial charge on any atom is -0.302 e. The van der Waals surface area contributed by atoms with Gasteiger partial charge in [0.05, 0.1) is 10.1 Å². The van der Waals surface area contributed by atoms with Crippen LogP contribution >= 0.6 is 34.2 Å². The SMILES string of the molecule is Cn1cc(I)c(=O)n(Cc2cc(Cl)ccc2F)c1=O. The predicted molar refractivity (Wildman–Crippen MR) is 79.2 cm³/mol. The van der Waals surface area contributed by atoms with E-state index in [0.717, 1.165) is 4.57 Å². The number of benzene rings is 1. The number of aryl methyl sites for hydroxylation is 1. The van der Waals surface area contributed by atoms with Gasteiger partial charge in [-0.2, -0.15) is 0 Å². The molecular weight excluding hydrogens is 385 g/mol. The quantitative estimate of drug-likeness (QED) is 0.731. The van der Waals surface area contributed by atoms with Crippen LogP contribution in [0.4, 0.5) is 4.39 Å². The molecule has 0 aliphatic carbocycles. The van der Waals surface area contributed by atoms with Gasteiger partial charge in [0.2, 0.25) is 0 Å². The summed E-state index contributed by atoms with van der Waals surface area (Å²) in [6.07, 6.45) is 1.44. The largest absolute Gasteiger partial charge is 0.331 e. The lowest BCUT2D eigenvalue weighted by molar-refractivity contribution is 0.576. The summed E-state index contributed by atoms with van der Waals surface area (Å²) in [5.74, 6) is -0.503. The van der Waals surface area contributed by atoms with Crippen LogP contribution in [0.1, 0.15) is 5.56 Å². The van der Waals surface area contributed by atoms with E-state index in [0.29, 0.717) is 8.59 Å². The van der Waals surface area contributed by atoms with E-state index in [9.17, 15) is 14.0 Å². The molecule has 0 N–H and O–H groups in total. The van der Waals surface area contributed by atoms with Gasteiger partial charge in [0, 0.05) is 23.8 Å². The molecule has 0 radical (unpaired) electrons. The number of nitrogens with zero attached hydrogens (tertiary/aromatic N) is 2. The highest BCUT2D eigenvalue weighted by Crippen LogP contribution is 2.15. The van der Waals surface area contributed by atoms with Crippen LogP contribution in [0.2, 0.25) is 5.02 Å². The summed E-state index contributed by atoms with van der Waals surface area (Å²) in [7, 11) is 1.54. The average molecular weight is 395 g/mol. The van der Waals surface area contributed by atoms with Gasteiger partial charge < -0.3 is 4.57 Å². The molecule has 0 spiro atoms. The Bertz CT molecular complexity index is 720. The van der Waals surface area contributed by atoms with Crippen LogP contribution in [0.15, 0.2) is 34.0 Å². The predicted octanol–water partition coefficient (Wildman–Crippen LogP) is 1.99.